The number of aliphatic hydroxyl groups excluding tert-OH is 1. The standard InChI is InChI=1S/C28H41N5O3.2ClH/c1-3-4-16-33-26(35)24(25(34)20-10-6-5-7-11-20)30-27(36)28(33)14-17-32(18-15-28)19-23-29-21-12-8-9-13-22(21)31(23)2;;/h8-9,12-13,20,24-25,34H,3-7,10-11,14-19H2,1-2H3,(H,30,36);2*1H/t24-,25-;;/m1../s1. The number of nitrogens with zero attached hydrogens (tertiary/aromatic N) is 4. The molecule has 2 saturated heterocycles. The highest BCUT2D eigenvalue weighted by Crippen LogP contribution is 2.36. The molecule has 0 unspecified atom stereocenters. The number of aliphatic hydroxyl groups is 1. The summed E-state index contributed by atoms with van der Waals surface area (Å²) < 4.78 is 2.14. The molecule has 2 amide bonds. The first-order valence-electron chi connectivity index (χ1n) is 13.9. The number of likely N-dealkylation sites (tertiary alicyclic amines) is 1. The van der Waals surface area contributed by atoms with Crippen LogP contribution in [0.2, 0.25) is 0 Å². The fourth-order valence-electron chi connectivity index (χ4n) is 6.57. The number of imidazole rings is 1. The van der Waals surface area contributed by atoms with Crippen molar-refractivity contribution in [3.63, 3.8) is 0 Å². The molecule has 1 saturated carbocycles. The van der Waals surface area contributed by atoms with E-state index in [-0.39, 0.29) is 42.5 Å². The minimum atomic E-state index is -0.822. The maximum Gasteiger partial charge on any atom is 0.248 e. The number of unbranched alkanes of at least 4 members (excludes halogenated alkanes) is 1. The molecule has 2 N–H and O–H groups in total. The number of aryl methyl sites for hydroxylation is 1. The van der Waals surface area contributed by atoms with Crippen molar-refractivity contribution in [1.29, 1.82) is 0 Å². The van der Waals surface area contributed by atoms with Crippen molar-refractivity contribution in [3.05, 3.63) is 30.1 Å². The molecule has 2 atom stereocenters. The number of hydrogen-bond acceptors (Lipinski definition) is 5. The van der Waals surface area contributed by atoms with Gasteiger partial charge < -0.3 is 19.9 Å². The van der Waals surface area contributed by atoms with Gasteiger partial charge in [-0.15, -0.1) is 24.8 Å². The molecule has 2 aromatic rings. The summed E-state index contributed by atoms with van der Waals surface area (Å²) >= 11 is 0. The number of benzene rings is 1. The van der Waals surface area contributed by atoms with E-state index in [4.69, 9.17) is 4.98 Å². The molecule has 38 heavy (non-hydrogen) atoms. The fraction of sp³-hybridized carbons (Fsp3) is 0.679. The highest BCUT2D eigenvalue weighted by Gasteiger charge is 2.55. The molecule has 2 aliphatic heterocycles. The van der Waals surface area contributed by atoms with Crippen LogP contribution < -0.4 is 5.32 Å². The average Bonchev–Trinajstić information content (AvgIpc) is 3.22. The number of nitrogens with one attached hydrogen (secondary N) is 1. The fourth-order valence-corrected chi connectivity index (χ4v) is 6.57. The summed E-state index contributed by atoms with van der Waals surface area (Å²) in [6.07, 6.45) is 7.42. The number of amides is 2. The molecular formula is C28H43Cl2N5O3. The minimum Gasteiger partial charge on any atom is -0.390 e. The number of carbonyl (C=O) groups excluding carboxylic acids is 2. The van der Waals surface area contributed by atoms with E-state index < -0.39 is 17.7 Å². The van der Waals surface area contributed by atoms with E-state index in [1.807, 2.05) is 30.1 Å². The van der Waals surface area contributed by atoms with Gasteiger partial charge in [0.05, 0.1) is 23.7 Å². The molecule has 5 rings (SSSR count). The zero-order chi connectivity index (χ0) is 25.3. The smallest absolute Gasteiger partial charge is 0.248 e. The van der Waals surface area contributed by atoms with Crippen molar-refractivity contribution in [3.8, 4) is 0 Å². The normalized spacial score (nSPS) is 23.1. The van der Waals surface area contributed by atoms with Gasteiger partial charge in [-0.3, -0.25) is 14.5 Å². The Morgan fingerprint density at radius 3 is 2.45 bits per heavy atom. The number of fused-ring (bicyclic) bond motifs is 1. The zero-order valence-corrected chi connectivity index (χ0v) is 24.2. The van der Waals surface area contributed by atoms with Gasteiger partial charge in [-0.05, 0) is 50.2 Å². The van der Waals surface area contributed by atoms with Crippen LogP contribution in [0.5, 0.6) is 0 Å². The second-order valence-electron chi connectivity index (χ2n) is 11.1. The van der Waals surface area contributed by atoms with E-state index in [0.717, 1.165) is 75.0 Å². The number of para-hydroxylation sites is 2. The highest BCUT2D eigenvalue weighted by atomic mass is 35.5. The van der Waals surface area contributed by atoms with Crippen molar-refractivity contribution in [2.24, 2.45) is 13.0 Å². The highest BCUT2D eigenvalue weighted by molar-refractivity contribution is 6.00. The predicted molar refractivity (Wildman–Crippen MR) is 154 cm³/mol. The van der Waals surface area contributed by atoms with Crippen LogP contribution >= 0.6 is 24.8 Å². The van der Waals surface area contributed by atoms with Crippen LogP contribution in [0.3, 0.4) is 0 Å². The Balaban J connectivity index is 0.00000200. The van der Waals surface area contributed by atoms with E-state index >= 15 is 0 Å². The second-order valence-corrected chi connectivity index (χ2v) is 11.1. The van der Waals surface area contributed by atoms with Gasteiger partial charge in [0.15, 0.2) is 0 Å². The Morgan fingerprint density at radius 1 is 1.11 bits per heavy atom. The minimum absolute atomic E-state index is 0. The largest absolute Gasteiger partial charge is 0.390 e. The quantitative estimate of drug-likeness (QED) is 0.530. The molecule has 3 fully saturated rings. The van der Waals surface area contributed by atoms with Gasteiger partial charge in [0.2, 0.25) is 11.8 Å². The Hall–Kier alpha value is -1.87. The lowest BCUT2D eigenvalue weighted by Gasteiger charge is -2.52. The molecule has 1 aromatic carbocycles. The molecule has 10 heteroatoms. The van der Waals surface area contributed by atoms with E-state index in [2.05, 4.69) is 27.8 Å². The molecule has 3 aliphatic rings. The Labute approximate surface area is 238 Å². The third kappa shape index (κ3) is 5.69. The van der Waals surface area contributed by atoms with Crippen LogP contribution in [-0.4, -0.2) is 73.6 Å². The number of aromatic nitrogens is 2. The first-order valence-corrected chi connectivity index (χ1v) is 13.9. The van der Waals surface area contributed by atoms with Crippen molar-refractivity contribution >= 4 is 47.7 Å². The Bertz CT molecular complexity index is 1100. The molecule has 0 bridgehead atoms. The number of carbonyl (C=O) groups is 2. The molecule has 3 heterocycles. The van der Waals surface area contributed by atoms with Crippen LogP contribution in [-0.2, 0) is 23.2 Å². The first-order chi connectivity index (χ1) is 17.4. The number of halogens is 2. The molecule has 1 aromatic heterocycles. The summed E-state index contributed by atoms with van der Waals surface area (Å²) in [5.41, 5.74) is 1.29. The molecule has 1 aliphatic carbocycles. The van der Waals surface area contributed by atoms with E-state index in [9.17, 15) is 14.7 Å². The van der Waals surface area contributed by atoms with Crippen molar-refractivity contribution in [2.45, 2.75) is 88.9 Å². The third-order valence-corrected chi connectivity index (χ3v) is 8.90. The summed E-state index contributed by atoms with van der Waals surface area (Å²) in [5, 5.41) is 14.1. The van der Waals surface area contributed by atoms with E-state index in [0.29, 0.717) is 19.4 Å². The van der Waals surface area contributed by atoms with Gasteiger partial charge in [-0.2, -0.15) is 0 Å². The third-order valence-electron chi connectivity index (χ3n) is 8.90. The van der Waals surface area contributed by atoms with Gasteiger partial charge in [0.25, 0.3) is 0 Å². The van der Waals surface area contributed by atoms with Crippen LogP contribution in [0.4, 0.5) is 0 Å². The van der Waals surface area contributed by atoms with Crippen LogP contribution in [0.1, 0.15) is 70.5 Å². The lowest BCUT2D eigenvalue weighted by molar-refractivity contribution is -0.166. The maximum absolute atomic E-state index is 13.8. The second kappa shape index (κ2) is 13.0. The summed E-state index contributed by atoms with van der Waals surface area (Å²) in [6, 6.07) is 7.33. The van der Waals surface area contributed by atoms with Gasteiger partial charge >= 0.3 is 0 Å². The number of rotatable bonds is 7. The molecule has 0 radical (unpaired) electrons. The summed E-state index contributed by atoms with van der Waals surface area (Å²) in [4.78, 5) is 36.4. The molecule has 1 spiro atoms. The molecular weight excluding hydrogens is 525 g/mol. The average molecular weight is 569 g/mol. The Kier molecular flexibility index (Phi) is 10.5. The van der Waals surface area contributed by atoms with Gasteiger partial charge in [-0.25, -0.2) is 4.98 Å². The number of hydrogen-bond donors (Lipinski definition) is 2. The maximum atomic E-state index is 13.8. The van der Waals surface area contributed by atoms with Gasteiger partial charge in [-0.1, -0.05) is 44.7 Å². The summed E-state index contributed by atoms with van der Waals surface area (Å²) in [7, 11) is 2.05. The lowest BCUT2D eigenvalue weighted by atomic mass is 9.78. The number of piperazine rings is 1. The van der Waals surface area contributed by atoms with Crippen LogP contribution in [0.25, 0.3) is 11.0 Å². The molecule has 212 valence electrons. The zero-order valence-electron chi connectivity index (χ0n) is 22.6. The van der Waals surface area contributed by atoms with E-state index in [1.54, 1.807) is 0 Å². The molecule has 8 nitrogen and oxygen atoms in total. The van der Waals surface area contributed by atoms with Crippen LogP contribution in [0.15, 0.2) is 24.3 Å². The van der Waals surface area contributed by atoms with Gasteiger partial charge in [0.1, 0.15) is 17.4 Å². The summed E-state index contributed by atoms with van der Waals surface area (Å²) in [5.74, 6) is 0.922. The summed E-state index contributed by atoms with van der Waals surface area (Å²) in [6.45, 7) is 4.84. The lowest BCUT2D eigenvalue weighted by Crippen LogP contribution is -2.75. The predicted octanol–water partition coefficient (Wildman–Crippen LogP) is 3.82. The van der Waals surface area contributed by atoms with Crippen LogP contribution in [0, 0.1) is 5.92 Å². The van der Waals surface area contributed by atoms with Gasteiger partial charge in [0, 0.05) is 26.7 Å². The Morgan fingerprint density at radius 2 is 1.79 bits per heavy atom. The monoisotopic (exact) mass is 567 g/mol. The van der Waals surface area contributed by atoms with Crippen molar-refractivity contribution in [1.82, 2.24) is 24.7 Å². The topological polar surface area (TPSA) is 90.7 Å². The van der Waals surface area contributed by atoms with Crippen molar-refractivity contribution in [2.75, 3.05) is 19.6 Å². The number of piperidine rings is 1. The van der Waals surface area contributed by atoms with Crippen molar-refractivity contribution < 1.29 is 14.7 Å². The van der Waals surface area contributed by atoms with E-state index in [1.165, 1.54) is 6.42 Å². The SMILES string of the molecule is CCCCN1C(=O)[C@@H]([C@H](O)C2CCCCC2)NC(=O)C12CCN(Cc1nc3ccccc3n1C)CC2.Cl.Cl. The first kappa shape index (κ1) is 30.7.